The van der Waals surface area contributed by atoms with Gasteiger partial charge in [-0.05, 0) is 11.5 Å². The van der Waals surface area contributed by atoms with E-state index < -0.39 is 28.5 Å². The minimum atomic E-state index is -4.69. The van der Waals surface area contributed by atoms with Crippen LogP contribution in [0.1, 0.15) is 20.8 Å². The Morgan fingerprint density at radius 3 is 1.93 bits per heavy atom. The molecule has 0 aromatic carbocycles. The normalized spacial score (nSPS) is 16.3. The van der Waals surface area contributed by atoms with Crippen LogP contribution in [0.2, 0.25) is 0 Å². The molecule has 1 atom stereocenters. The maximum absolute atomic E-state index is 12.1. The summed E-state index contributed by atoms with van der Waals surface area (Å²) in [4.78, 5) is 10.7. The number of carboxylic acids is 1. The van der Waals surface area contributed by atoms with Gasteiger partial charge in [-0.3, -0.25) is 4.79 Å². The third-order valence-electron chi connectivity index (χ3n) is 1.78. The lowest BCUT2D eigenvalue weighted by molar-refractivity contribution is -0.143. The van der Waals surface area contributed by atoms with Gasteiger partial charge in [0.05, 0.1) is 5.92 Å². The van der Waals surface area contributed by atoms with Crippen LogP contribution in [0.25, 0.3) is 0 Å². The van der Waals surface area contributed by atoms with Crippen molar-refractivity contribution in [2.45, 2.75) is 26.9 Å². The summed E-state index contributed by atoms with van der Waals surface area (Å²) in [6.45, 7) is 4.59. The first kappa shape index (κ1) is 14.3. The van der Waals surface area contributed by atoms with E-state index in [0.717, 1.165) is 0 Å². The standard InChI is InChI=1S/C9H12ClF3O2/c1-8(2,3)5(7(14)15)4-6(10)9(11,12)13/h4-5H,1-3H3,(H,14,15)/b6-4+. The smallest absolute Gasteiger partial charge is 0.426 e. The molecule has 1 N–H and O–H groups in total. The van der Waals surface area contributed by atoms with Crippen molar-refractivity contribution in [3.8, 4) is 0 Å². The summed E-state index contributed by atoms with van der Waals surface area (Å²) in [7, 11) is 0. The van der Waals surface area contributed by atoms with Crippen LogP contribution in [0, 0.1) is 11.3 Å². The van der Waals surface area contributed by atoms with Crippen LogP contribution in [-0.4, -0.2) is 17.3 Å². The maximum Gasteiger partial charge on any atom is 0.426 e. The molecule has 6 heteroatoms. The molecule has 88 valence electrons. The van der Waals surface area contributed by atoms with Crippen LogP contribution < -0.4 is 0 Å². The van der Waals surface area contributed by atoms with E-state index in [-0.39, 0.29) is 0 Å². The van der Waals surface area contributed by atoms with Crippen molar-refractivity contribution in [1.82, 2.24) is 0 Å². The van der Waals surface area contributed by atoms with Crippen LogP contribution in [0.4, 0.5) is 13.2 Å². The molecular weight excluding hydrogens is 233 g/mol. The molecular formula is C9H12ClF3O2. The van der Waals surface area contributed by atoms with Crippen LogP contribution >= 0.6 is 11.6 Å². The van der Waals surface area contributed by atoms with Crippen molar-refractivity contribution in [3.63, 3.8) is 0 Å². The van der Waals surface area contributed by atoms with Crippen molar-refractivity contribution in [3.05, 3.63) is 11.1 Å². The third-order valence-corrected chi connectivity index (χ3v) is 2.12. The SMILES string of the molecule is CC(C)(C)C(/C=C(/Cl)C(F)(F)F)C(=O)O. The summed E-state index contributed by atoms with van der Waals surface area (Å²) < 4.78 is 36.2. The van der Waals surface area contributed by atoms with Crippen LogP contribution in [-0.2, 0) is 4.79 Å². The Hall–Kier alpha value is -0.710. The lowest BCUT2D eigenvalue weighted by Gasteiger charge is -2.24. The second-order valence-corrected chi connectivity index (χ2v) is 4.60. The van der Waals surface area contributed by atoms with Crippen LogP contribution in [0.15, 0.2) is 11.1 Å². The quantitative estimate of drug-likeness (QED) is 0.808. The number of allylic oxidation sites excluding steroid dienone is 1. The fourth-order valence-corrected chi connectivity index (χ4v) is 1.06. The summed E-state index contributed by atoms with van der Waals surface area (Å²) in [5.41, 5.74) is -0.822. The number of alkyl halides is 3. The Bertz CT molecular complexity index is 276. The van der Waals surface area contributed by atoms with Gasteiger partial charge in [0.25, 0.3) is 0 Å². The first-order valence-electron chi connectivity index (χ1n) is 4.13. The fraction of sp³-hybridized carbons (Fsp3) is 0.667. The van der Waals surface area contributed by atoms with E-state index in [1.54, 1.807) is 0 Å². The number of carboxylic acid groups (broad SMARTS) is 1. The van der Waals surface area contributed by atoms with Gasteiger partial charge in [0.2, 0.25) is 0 Å². The highest BCUT2D eigenvalue weighted by Crippen LogP contribution is 2.34. The fourth-order valence-electron chi connectivity index (χ4n) is 0.933. The molecule has 1 unspecified atom stereocenters. The molecule has 0 aliphatic carbocycles. The molecule has 0 radical (unpaired) electrons. The Morgan fingerprint density at radius 2 is 1.73 bits per heavy atom. The van der Waals surface area contributed by atoms with Gasteiger partial charge in [0, 0.05) is 0 Å². The van der Waals surface area contributed by atoms with Crippen LogP contribution in [0.3, 0.4) is 0 Å². The number of halogens is 4. The zero-order valence-electron chi connectivity index (χ0n) is 8.52. The summed E-state index contributed by atoms with van der Waals surface area (Å²) >= 11 is 4.97. The second kappa shape index (κ2) is 4.43. The van der Waals surface area contributed by atoms with E-state index in [2.05, 4.69) is 0 Å². The van der Waals surface area contributed by atoms with Gasteiger partial charge in [-0.1, -0.05) is 32.4 Å². The summed E-state index contributed by atoms with van der Waals surface area (Å²) in [5, 5.41) is 7.35. The van der Waals surface area contributed by atoms with Gasteiger partial charge in [-0.2, -0.15) is 13.2 Å². The topological polar surface area (TPSA) is 37.3 Å². The van der Waals surface area contributed by atoms with E-state index in [1.807, 2.05) is 0 Å². The molecule has 0 amide bonds. The van der Waals surface area contributed by atoms with E-state index in [1.165, 1.54) is 20.8 Å². The molecule has 0 saturated heterocycles. The van der Waals surface area contributed by atoms with E-state index in [9.17, 15) is 18.0 Å². The largest absolute Gasteiger partial charge is 0.481 e. The predicted molar refractivity (Wildman–Crippen MR) is 50.6 cm³/mol. The van der Waals surface area contributed by atoms with E-state index in [0.29, 0.717) is 6.08 Å². The molecule has 0 bridgehead atoms. The number of aliphatic carboxylic acids is 1. The summed E-state index contributed by atoms with van der Waals surface area (Å²) in [5.74, 6) is -2.60. The molecule has 0 aromatic heterocycles. The molecule has 0 spiro atoms. The Balaban J connectivity index is 5.09. The lowest BCUT2D eigenvalue weighted by atomic mass is 9.80. The molecule has 0 aliphatic rings. The van der Waals surface area contributed by atoms with Crippen molar-refractivity contribution in [2.75, 3.05) is 0 Å². The number of rotatable bonds is 2. The van der Waals surface area contributed by atoms with Gasteiger partial charge >= 0.3 is 12.1 Å². The lowest BCUT2D eigenvalue weighted by Crippen LogP contribution is -2.27. The minimum Gasteiger partial charge on any atom is -0.481 e. The highest BCUT2D eigenvalue weighted by Gasteiger charge is 2.37. The van der Waals surface area contributed by atoms with Gasteiger partial charge in [-0.25, -0.2) is 0 Å². The Kier molecular flexibility index (Phi) is 4.22. The summed E-state index contributed by atoms with van der Waals surface area (Å²) in [6.07, 6.45) is -4.16. The molecule has 0 aliphatic heterocycles. The van der Waals surface area contributed by atoms with Gasteiger partial charge < -0.3 is 5.11 Å². The van der Waals surface area contributed by atoms with Crippen molar-refractivity contribution in [1.29, 1.82) is 0 Å². The van der Waals surface area contributed by atoms with Crippen molar-refractivity contribution < 1.29 is 23.1 Å². The zero-order chi connectivity index (χ0) is 12.4. The average molecular weight is 245 g/mol. The molecule has 15 heavy (non-hydrogen) atoms. The van der Waals surface area contributed by atoms with Crippen molar-refractivity contribution >= 4 is 17.6 Å². The Labute approximate surface area is 90.7 Å². The molecule has 0 aromatic rings. The average Bonchev–Trinajstić information content (AvgIpc) is 1.94. The van der Waals surface area contributed by atoms with Gasteiger partial charge in [0.15, 0.2) is 0 Å². The van der Waals surface area contributed by atoms with E-state index in [4.69, 9.17) is 16.7 Å². The summed E-state index contributed by atoms with van der Waals surface area (Å²) in [6, 6.07) is 0. The highest BCUT2D eigenvalue weighted by atomic mass is 35.5. The second-order valence-electron chi connectivity index (χ2n) is 4.19. The molecule has 2 nitrogen and oxygen atoms in total. The first-order valence-corrected chi connectivity index (χ1v) is 4.51. The van der Waals surface area contributed by atoms with E-state index >= 15 is 0 Å². The van der Waals surface area contributed by atoms with Gasteiger partial charge in [0.1, 0.15) is 5.03 Å². The molecule has 0 rings (SSSR count). The minimum absolute atomic E-state index is 0.532. The molecule has 0 saturated carbocycles. The van der Waals surface area contributed by atoms with Gasteiger partial charge in [-0.15, -0.1) is 0 Å². The first-order chi connectivity index (χ1) is 6.46. The third kappa shape index (κ3) is 4.55. The highest BCUT2D eigenvalue weighted by molar-refractivity contribution is 6.30. The number of carbonyl (C=O) groups is 1. The molecule has 0 fully saturated rings. The molecule has 0 heterocycles. The predicted octanol–water partition coefficient (Wildman–Crippen LogP) is 3.42. The Morgan fingerprint density at radius 1 is 1.33 bits per heavy atom. The zero-order valence-corrected chi connectivity index (χ0v) is 9.28. The number of hydrogen-bond donors (Lipinski definition) is 1. The monoisotopic (exact) mass is 244 g/mol. The number of hydrogen-bond acceptors (Lipinski definition) is 1. The van der Waals surface area contributed by atoms with Crippen molar-refractivity contribution in [2.24, 2.45) is 11.3 Å². The van der Waals surface area contributed by atoms with Crippen LogP contribution in [0.5, 0.6) is 0 Å². The maximum atomic E-state index is 12.1.